The number of benzene rings is 2. The normalized spacial score (nSPS) is 12.5. The van der Waals surface area contributed by atoms with Crippen LogP contribution in [0.4, 0.5) is 0 Å². The van der Waals surface area contributed by atoms with E-state index in [1.165, 1.54) is 16.7 Å². The summed E-state index contributed by atoms with van der Waals surface area (Å²) in [5, 5.41) is 0.751. The number of hydrogen-bond donors (Lipinski definition) is 1. The van der Waals surface area contributed by atoms with E-state index in [4.69, 9.17) is 17.3 Å². The maximum Gasteiger partial charge on any atom is 0.0569 e. The molecule has 19 heavy (non-hydrogen) atoms. The van der Waals surface area contributed by atoms with Gasteiger partial charge in [0.1, 0.15) is 0 Å². The SMILES string of the molecule is CCc1ccccc1C(N)c1cc(C)c(C)cc1Cl. The Bertz CT molecular complexity index is 590. The Morgan fingerprint density at radius 1 is 1.05 bits per heavy atom. The summed E-state index contributed by atoms with van der Waals surface area (Å²) in [7, 11) is 0. The number of hydrogen-bond acceptors (Lipinski definition) is 1. The molecule has 0 aliphatic rings. The molecule has 0 fully saturated rings. The fraction of sp³-hybridized carbons (Fsp3) is 0.294. The third-order valence-corrected chi connectivity index (χ3v) is 4.05. The highest BCUT2D eigenvalue weighted by atomic mass is 35.5. The quantitative estimate of drug-likeness (QED) is 0.871. The minimum Gasteiger partial charge on any atom is -0.320 e. The summed E-state index contributed by atoms with van der Waals surface area (Å²) >= 11 is 6.36. The van der Waals surface area contributed by atoms with Crippen molar-refractivity contribution in [3.05, 3.63) is 69.2 Å². The fourth-order valence-electron chi connectivity index (χ4n) is 2.37. The van der Waals surface area contributed by atoms with Crippen LogP contribution in [-0.2, 0) is 6.42 Å². The molecule has 0 heterocycles. The first-order valence-electron chi connectivity index (χ1n) is 6.64. The van der Waals surface area contributed by atoms with E-state index >= 15 is 0 Å². The number of aryl methyl sites for hydroxylation is 3. The molecule has 100 valence electrons. The predicted octanol–water partition coefficient (Wildman–Crippen LogP) is 4.57. The van der Waals surface area contributed by atoms with Gasteiger partial charge < -0.3 is 5.73 Å². The van der Waals surface area contributed by atoms with Crippen LogP contribution in [0, 0.1) is 13.8 Å². The number of nitrogens with two attached hydrogens (primary N) is 1. The zero-order chi connectivity index (χ0) is 14.0. The lowest BCUT2D eigenvalue weighted by Gasteiger charge is -2.19. The molecule has 0 aliphatic heterocycles. The molecule has 1 atom stereocenters. The summed E-state index contributed by atoms with van der Waals surface area (Å²) in [5.41, 5.74) is 12.3. The maximum atomic E-state index is 6.43. The maximum absolute atomic E-state index is 6.43. The third-order valence-electron chi connectivity index (χ3n) is 3.72. The third kappa shape index (κ3) is 2.83. The first-order valence-corrected chi connectivity index (χ1v) is 7.02. The lowest BCUT2D eigenvalue weighted by atomic mass is 9.92. The molecular formula is C17H20ClN. The molecule has 0 aromatic heterocycles. The van der Waals surface area contributed by atoms with Crippen molar-refractivity contribution in [2.24, 2.45) is 5.73 Å². The Balaban J connectivity index is 2.50. The molecule has 2 aromatic rings. The van der Waals surface area contributed by atoms with Crippen LogP contribution in [0.15, 0.2) is 36.4 Å². The van der Waals surface area contributed by atoms with Gasteiger partial charge in [0.05, 0.1) is 6.04 Å². The predicted molar refractivity (Wildman–Crippen MR) is 82.8 cm³/mol. The molecule has 0 spiro atoms. The van der Waals surface area contributed by atoms with Gasteiger partial charge in [0.15, 0.2) is 0 Å². The molecule has 0 saturated heterocycles. The van der Waals surface area contributed by atoms with Crippen LogP contribution >= 0.6 is 11.6 Å². The van der Waals surface area contributed by atoms with E-state index in [0.29, 0.717) is 0 Å². The van der Waals surface area contributed by atoms with Crippen LogP contribution in [0.2, 0.25) is 5.02 Å². The minimum absolute atomic E-state index is 0.164. The molecule has 0 radical (unpaired) electrons. The van der Waals surface area contributed by atoms with Gasteiger partial charge in [0.2, 0.25) is 0 Å². The smallest absolute Gasteiger partial charge is 0.0569 e. The summed E-state index contributed by atoms with van der Waals surface area (Å²) in [6.45, 7) is 6.30. The highest BCUT2D eigenvalue weighted by Gasteiger charge is 2.16. The van der Waals surface area contributed by atoms with E-state index in [1.807, 2.05) is 12.1 Å². The van der Waals surface area contributed by atoms with Gasteiger partial charge in [-0.05, 0) is 54.2 Å². The Kier molecular flexibility index (Phi) is 4.28. The summed E-state index contributed by atoms with van der Waals surface area (Å²) < 4.78 is 0. The van der Waals surface area contributed by atoms with Gasteiger partial charge in [-0.25, -0.2) is 0 Å². The molecule has 2 aromatic carbocycles. The fourth-order valence-corrected chi connectivity index (χ4v) is 2.70. The van der Waals surface area contributed by atoms with E-state index < -0.39 is 0 Å². The molecule has 0 saturated carbocycles. The van der Waals surface area contributed by atoms with E-state index in [2.05, 4.69) is 45.0 Å². The summed E-state index contributed by atoms with van der Waals surface area (Å²) in [4.78, 5) is 0. The van der Waals surface area contributed by atoms with Crippen LogP contribution < -0.4 is 5.73 Å². The second-order valence-corrected chi connectivity index (χ2v) is 5.40. The Morgan fingerprint density at radius 3 is 2.37 bits per heavy atom. The molecule has 2 heteroatoms. The van der Waals surface area contributed by atoms with Crippen molar-refractivity contribution >= 4 is 11.6 Å². The van der Waals surface area contributed by atoms with Crippen molar-refractivity contribution in [2.75, 3.05) is 0 Å². The summed E-state index contributed by atoms with van der Waals surface area (Å²) in [5.74, 6) is 0. The van der Waals surface area contributed by atoms with Gasteiger partial charge in [-0.15, -0.1) is 0 Å². The average molecular weight is 274 g/mol. The van der Waals surface area contributed by atoms with Gasteiger partial charge >= 0.3 is 0 Å². The largest absolute Gasteiger partial charge is 0.320 e. The lowest BCUT2D eigenvalue weighted by Crippen LogP contribution is -2.15. The van der Waals surface area contributed by atoms with Crippen molar-refractivity contribution in [3.63, 3.8) is 0 Å². The van der Waals surface area contributed by atoms with E-state index in [1.54, 1.807) is 0 Å². The number of halogens is 1. The Hall–Kier alpha value is -1.31. The first-order chi connectivity index (χ1) is 9.04. The van der Waals surface area contributed by atoms with Crippen molar-refractivity contribution < 1.29 is 0 Å². The van der Waals surface area contributed by atoms with E-state index in [-0.39, 0.29) is 6.04 Å². The van der Waals surface area contributed by atoms with E-state index in [0.717, 1.165) is 22.6 Å². The van der Waals surface area contributed by atoms with Gasteiger partial charge in [-0.1, -0.05) is 48.9 Å². The van der Waals surface area contributed by atoms with Gasteiger partial charge in [-0.3, -0.25) is 0 Å². The second-order valence-electron chi connectivity index (χ2n) is 4.99. The first kappa shape index (κ1) is 14.1. The Labute approximate surface area is 120 Å². The molecule has 0 amide bonds. The molecule has 1 unspecified atom stereocenters. The minimum atomic E-state index is -0.164. The monoisotopic (exact) mass is 273 g/mol. The molecule has 0 bridgehead atoms. The topological polar surface area (TPSA) is 26.0 Å². The van der Waals surface area contributed by atoms with Gasteiger partial charge in [0.25, 0.3) is 0 Å². The second kappa shape index (κ2) is 5.77. The van der Waals surface area contributed by atoms with Gasteiger partial charge in [-0.2, -0.15) is 0 Å². The van der Waals surface area contributed by atoms with Crippen LogP contribution in [-0.4, -0.2) is 0 Å². The van der Waals surface area contributed by atoms with Crippen molar-refractivity contribution in [3.8, 4) is 0 Å². The number of rotatable bonds is 3. The lowest BCUT2D eigenvalue weighted by molar-refractivity contribution is 0.847. The zero-order valence-corrected chi connectivity index (χ0v) is 12.5. The van der Waals surface area contributed by atoms with Crippen molar-refractivity contribution in [1.29, 1.82) is 0 Å². The molecule has 2 N–H and O–H groups in total. The Morgan fingerprint density at radius 2 is 1.68 bits per heavy atom. The molecule has 1 nitrogen and oxygen atoms in total. The highest BCUT2D eigenvalue weighted by Crippen LogP contribution is 2.30. The van der Waals surface area contributed by atoms with Gasteiger partial charge in [0, 0.05) is 5.02 Å². The molecular weight excluding hydrogens is 254 g/mol. The van der Waals surface area contributed by atoms with Crippen LogP contribution in [0.25, 0.3) is 0 Å². The van der Waals surface area contributed by atoms with Crippen LogP contribution in [0.1, 0.15) is 40.8 Å². The van der Waals surface area contributed by atoms with Crippen molar-refractivity contribution in [1.82, 2.24) is 0 Å². The van der Waals surface area contributed by atoms with Crippen molar-refractivity contribution in [2.45, 2.75) is 33.2 Å². The van der Waals surface area contributed by atoms with E-state index in [9.17, 15) is 0 Å². The standard InChI is InChI=1S/C17H20ClN/c1-4-13-7-5-6-8-14(13)17(19)15-9-11(2)12(3)10-16(15)18/h5-10,17H,4,19H2,1-3H3. The van der Waals surface area contributed by atoms with Crippen LogP contribution in [0.3, 0.4) is 0 Å². The average Bonchev–Trinajstić information content (AvgIpc) is 2.42. The summed E-state index contributed by atoms with van der Waals surface area (Å²) in [6, 6.07) is 12.2. The molecule has 2 rings (SSSR count). The highest BCUT2D eigenvalue weighted by molar-refractivity contribution is 6.31. The molecule has 0 aliphatic carbocycles. The van der Waals surface area contributed by atoms with Crippen LogP contribution in [0.5, 0.6) is 0 Å². The summed E-state index contributed by atoms with van der Waals surface area (Å²) in [6.07, 6.45) is 0.979. The zero-order valence-electron chi connectivity index (χ0n) is 11.7.